The van der Waals surface area contributed by atoms with Crippen LogP contribution in [0.15, 0.2) is 18.2 Å². The van der Waals surface area contributed by atoms with E-state index in [4.69, 9.17) is 4.74 Å². The maximum Gasteiger partial charge on any atom is 0.328 e. The average molecular weight is 276 g/mol. The van der Waals surface area contributed by atoms with Gasteiger partial charge >= 0.3 is 5.97 Å². The number of nitrogens with zero attached hydrogens (tertiary/aromatic N) is 1. The summed E-state index contributed by atoms with van der Waals surface area (Å²) in [4.78, 5) is 14.6. The molecule has 0 aliphatic carbocycles. The van der Waals surface area contributed by atoms with Crippen molar-refractivity contribution in [3.63, 3.8) is 0 Å². The average Bonchev–Trinajstić information content (AvgIpc) is 2.44. The number of esters is 1. The van der Waals surface area contributed by atoms with E-state index in [0.29, 0.717) is 6.61 Å². The van der Waals surface area contributed by atoms with E-state index in [1.165, 1.54) is 5.56 Å². The Morgan fingerprint density at radius 2 is 2.05 bits per heavy atom. The Hall–Kier alpha value is -1.39. The molecule has 4 heteroatoms. The molecule has 1 aliphatic heterocycles. The first-order valence-corrected chi connectivity index (χ1v) is 7.32. The van der Waals surface area contributed by atoms with Crippen LogP contribution < -0.4 is 5.32 Å². The van der Waals surface area contributed by atoms with Crippen molar-refractivity contribution >= 4 is 5.97 Å². The zero-order valence-electron chi connectivity index (χ0n) is 12.6. The minimum atomic E-state index is -0.281. The first-order valence-electron chi connectivity index (χ1n) is 7.32. The van der Waals surface area contributed by atoms with Crippen LogP contribution in [0.2, 0.25) is 0 Å². The number of hydrogen-bond acceptors (Lipinski definition) is 4. The zero-order chi connectivity index (χ0) is 14.5. The molecule has 1 aliphatic rings. The zero-order valence-corrected chi connectivity index (χ0v) is 12.6. The Morgan fingerprint density at radius 1 is 1.35 bits per heavy atom. The van der Waals surface area contributed by atoms with Gasteiger partial charge in [-0.15, -0.1) is 0 Å². The molecule has 1 fully saturated rings. The smallest absolute Gasteiger partial charge is 0.328 e. The van der Waals surface area contributed by atoms with Crippen molar-refractivity contribution in [3.05, 3.63) is 34.9 Å². The van der Waals surface area contributed by atoms with Gasteiger partial charge in [0.05, 0.1) is 6.61 Å². The molecular formula is C16H24N2O2. The highest BCUT2D eigenvalue weighted by Crippen LogP contribution is 2.26. The Labute approximate surface area is 121 Å². The maximum atomic E-state index is 12.4. The van der Waals surface area contributed by atoms with Crippen LogP contribution >= 0.6 is 0 Å². The lowest BCUT2D eigenvalue weighted by molar-refractivity contribution is -0.150. The van der Waals surface area contributed by atoms with Gasteiger partial charge in [0.1, 0.15) is 6.04 Å². The number of nitrogens with one attached hydrogen (secondary N) is 1. The van der Waals surface area contributed by atoms with Gasteiger partial charge in [-0.3, -0.25) is 4.90 Å². The lowest BCUT2D eigenvalue weighted by atomic mass is 9.97. The largest absolute Gasteiger partial charge is 0.465 e. The normalized spacial score (nSPS) is 17.8. The molecule has 4 nitrogen and oxygen atoms in total. The molecule has 110 valence electrons. The van der Waals surface area contributed by atoms with Crippen molar-refractivity contribution in [1.29, 1.82) is 0 Å². The Kier molecular flexibility index (Phi) is 5.15. The van der Waals surface area contributed by atoms with Crippen LogP contribution in [0, 0.1) is 13.8 Å². The van der Waals surface area contributed by atoms with Gasteiger partial charge in [-0.05, 0) is 31.9 Å². The first-order chi connectivity index (χ1) is 9.63. The molecule has 0 spiro atoms. The molecule has 1 heterocycles. The second-order valence-corrected chi connectivity index (χ2v) is 5.30. The van der Waals surface area contributed by atoms with Gasteiger partial charge in [0.25, 0.3) is 0 Å². The van der Waals surface area contributed by atoms with Gasteiger partial charge < -0.3 is 10.1 Å². The number of carbonyl (C=O) groups is 1. The molecule has 0 saturated carbocycles. The molecule has 1 N–H and O–H groups in total. The summed E-state index contributed by atoms with van der Waals surface area (Å²) in [5, 5.41) is 3.32. The van der Waals surface area contributed by atoms with Crippen LogP contribution in [0.5, 0.6) is 0 Å². The lowest BCUT2D eigenvalue weighted by Crippen LogP contribution is -2.47. The molecule has 1 aromatic rings. The van der Waals surface area contributed by atoms with E-state index in [9.17, 15) is 4.79 Å². The third-order valence-electron chi connectivity index (χ3n) is 3.76. The lowest BCUT2D eigenvalue weighted by Gasteiger charge is -2.34. The SMILES string of the molecule is CCOC(=O)C(c1cc(C)ccc1C)N1CCNCC1. The standard InChI is InChI=1S/C16H24N2O2/c1-4-20-16(19)15(18-9-7-17-8-10-18)14-11-12(2)5-6-13(14)3/h5-6,11,15,17H,4,7-10H2,1-3H3. The van der Waals surface area contributed by atoms with Crippen LogP contribution in [-0.2, 0) is 9.53 Å². The van der Waals surface area contributed by atoms with Crippen molar-refractivity contribution in [2.24, 2.45) is 0 Å². The van der Waals surface area contributed by atoms with Gasteiger partial charge in [0.2, 0.25) is 0 Å². The molecule has 0 bridgehead atoms. The van der Waals surface area contributed by atoms with E-state index >= 15 is 0 Å². The van der Waals surface area contributed by atoms with E-state index in [0.717, 1.165) is 37.3 Å². The fourth-order valence-corrected chi connectivity index (χ4v) is 2.69. The topological polar surface area (TPSA) is 41.6 Å². The van der Waals surface area contributed by atoms with E-state index in [2.05, 4.69) is 42.3 Å². The molecule has 1 atom stereocenters. The molecule has 20 heavy (non-hydrogen) atoms. The third-order valence-corrected chi connectivity index (χ3v) is 3.76. The van der Waals surface area contributed by atoms with Crippen molar-refractivity contribution in [2.45, 2.75) is 26.8 Å². The highest BCUT2D eigenvalue weighted by molar-refractivity contribution is 5.78. The number of hydrogen-bond donors (Lipinski definition) is 1. The molecule has 0 amide bonds. The summed E-state index contributed by atoms with van der Waals surface area (Å²) < 4.78 is 5.31. The quantitative estimate of drug-likeness (QED) is 0.852. The van der Waals surface area contributed by atoms with Crippen molar-refractivity contribution in [3.8, 4) is 0 Å². The van der Waals surface area contributed by atoms with Crippen LogP contribution in [-0.4, -0.2) is 43.7 Å². The van der Waals surface area contributed by atoms with E-state index in [-0.39, 0.29) is 12.0 Å². The van der Waals surface area contributed by atoms with Crippen LogP contribution in [0.4, 0.5) is 0 Å². The van der Waals surface area contributed by atoms with E-state index in [1.807, 2.05) is 6.92 Å². The first kappa shape index (κ1) is 15.0. The summed E-state index contributed by atoms with van der Waals surface area (Å²) in [6.45, 7) is 9.98. The van der Waals surface area contributed by atoms with Gasteiger partial charge in [0, 0.05) is 26.2 Å². The highest BCUT2D eigenvalue weighted by Gasteiger charge is 2.30. The van der Waals surface area contributed by atoms with Gasteiger partial charge in [-0.25, -0.2) is 4.79 Å². The summed E-state index contributed by atoms with van der Waals surface area (Å²) >= 11 is 0. The second kappa shape index (κ2) is 6.86. The number of benzene rings is 1. The van der Waals surface area contributed by atoms with Gasteiger partial charge in [-0.2, -0.15) is 0 Å². The van der Waals surface area contributed by atoms with E-state index in [1.54, 1.807) is 0 Å². The summed E-state index contributed by atoms with van der Waals surface area (Å²) in [6, 6.07) is 5.99. The fraction of sp³-hybridized carbons (Fsp3) is 0.562. The summed E-state index contributed by atoms with van der Waals surface area (Å²) in [5.41, 5.74) is 3.40. The summed E-state index contributed by atoms with van der Waals surface area (Å²) in [6.07, 6.45) is 0. The van der Waals surface area contributed by atoms with Crippen molar-refractivity contribution in [2.75, 3.05) is 32.8 Å². The van der Waals surface area contributed by atoms with Crippen LogP contribution in [0.25, 0.3) is 0 Å². The summed E-state index contributed by atoms with van der Waals surface area (Å²) in [7, 11) is 0. The van der Waals surface area contributed by atoms with Crippen molar-refractivity contribution in [1.82, 2.24) is 10.2 Å². The Balaban J connectivity index is 2.34. The molecule has 0 aromatic heterocycles. The number of piperazine rings is 1. The number of rotatable bonds is 4. The van der Waals surface area contributed by atoms with Crippen molar-refractivity contribution < 1.29 is 9.53 Å². The molecule has 0 radical (unpaired) electrons. The van der Waals surface area contributed by atoms with Gasteiger partial charge in [-0.1, -0.05) is 23.8 Å². The predicted octanol–water partition coefficient (Wildman–Crippen LogP) is 1.81. The van der Waals surface area contributed by atoms with Crippen LogP contribution in [0.1, 0.15) is 29.7 Å². The Bertz CT molecular complexity index is 468. The molecule has 1 unspecified atom stereocenters. The highest BCUT2D eigenvalue weighted by atomic mass is 16.5. The molecule has 2 rings (SSSR count). The number of ether oxygens (including phenoxy) is 1. The maximum absolute atomic E-state index is 12.4. The minimum absolute atomic E-state index is 0.136. The fourth-order valence-electron chi connectivity index (χ4n) is 2.69. The molecule has 1 saturated heterocycles. The van der Waals surface area contributed by atoms with E-state index < -0.39 is 0 Å². The monoisotopic (exact) mass is 276 g/mol. The van der Waals surface area contributed by atoms with Gasteiger partial charge in [0.15, 0.2) is 0 Å². The molecule has 1 aromatic carbocycles. The van der Waals surface area contributed by atoms with Crippen LogP contribution in [0.3, 0.4) is 0 Å². The Morgan fingerprint density at radius 3 is 2.70 bits per heavy atom. The summed E-state index contributed by atoms with van der Waals surface area (Å²) in [5.74, 6) is -0.136. The number of carbonyl (C=O) groups excluding carboxylic acids is 1. The second-order valence-electron chi connectivity index (χ2n) is 5.30. The predicted molar refractivity (Wildman–Crippen MR) is 79.7 cm³/mol. The number of aryl methyl sites for hydroxylation is 2. The minimum Gasteiger partial charge on any atom is -0.465 e. The molecular weight excluding hydrogens is 252 g/mol. The third kappa shape index (κ3) is 3.38.